The van der Waals surface area contributed by atoms with Crippen LogP contribution in [0.4, 0.5) is 0 Å². The first-order chi connectivity index (χ1) is 6.53. The normalized spacial score (nSPS) is 16.1. The van der Waals surface area contributed by atoms with Crippen molar-refractivity contribution in [3.8, 4) is 0 Å². The second-order valence-electron chi connectivity index (χ2n) is 6.18. The van der Waals surface area contributed by atoms with Crippen molar-refractivity contribution in [3.05, 3.63) is 0 Å². The van der Waals surface area contributed by atoms with Crippen molar-refractivity contribution in [2.45, 2.75) is 54.6 Å². The molecule has 0 aliphatic rings. The quantitative estimate of drug-likeness (QED) is 0.425. The van der Waals surface area contributed by atoms with E-state index in [1.807, 2.05) is 0 Å². The fourth-order valence-electron chi connectivity index (χ4n) is 2.60. The van der Waals surface area contributed by atoms with Gasteiger partial charge in [-0.25, -0.2) is 0 Å². The molecule has 0 saturated carbocycles. The fourth-order valence-corrected chi connectivity index (χ4v) is 40.8. The van der Waals surface area contributed by atoms with E-state index in [4.69, 9.17) is 0 Å². The Hall–Kier alpha value is 1.78. The molecule has 0 amide bonds. The molecule has 94 valence electrons. The first-order valence-electron chi connectivity index (χ1n) is 5.98. The van der Waals surface area contributed by atoms with Crippen molar-refractivity contribution >= 4 is 38.1 Å². The van der Waals surface area contributed by atoms with Crippen LogP contribution >= 0.6 is 25.2 Å². The van der Waals surface area contributed by atoms with Crippen LogP contribution in [-0.2, 0) is 0 Å². The predicted octanol–water partition coefficient (Wildman–Crippen LogP) is 6.14. The molecule has 0 spiro atoms. The summed E-state index contributed by atoms with van der Waals surface area (Å²) in [7, 11) is 0. The molecule has 3 heteroatoms. The van der Waals surface area contributed by atoms with Gasteiger partial charge in [-0.1, -0.05) is 0 Å². The maximum atomic E-state index is 4.21. The Morgan fingerprint density at radius 2 is 0.867 bits per heavy atom. The third-order valence-corrected chi connectivity index (χ3v) is 27.0. The molecule has 0 nitrogen and oxygen atoms in total. The number of rotatable bonds is 6. The second kappa shape index (κ2) is 6.09. The molecular weight excluding hydrogens is 426 g/mol. The first-order valence-corrected chi connectivity index (χ1v) is 22.8. The fraction of sp³-hybridized carbons (Fsp3) is 1.00. The zero-order valence-corrected chi connectivity index (χ0v) is 16.8. The molecule has 0 heterocycles. The Balaban J connectivity index is 4.79. The average molecular weight is 453 g/mol. The molecule has 0 saturated heterocycles. The summed E-state index contributed by atoms with van der Waals surface area (Å²) in [5.41, 5.74) is 0. The minimum absolute atomic E-state index is 0.794. The van der Waals surface area contributed by atoms with Crippen molar-refractivity contribution in [1.29, 1.82) is 0 Å². The van der Waals surface area contributed by atoms with E-state index < -0.39 is 12.9 Å². The molecule has 0 aromatic heterocycles. The molecule has 0 aromatic carbocycles. The van der Waals surface area contributed by atoms with Crippen LogP contribution in [-0.4, -0.2) is 12.9 Å². The van der Waals surface area contributed by atoms with Crippen LogP contribution < -0.4 is 0 Å². The van der Waals surface area contributed by atoms with E-state index in [2.05, 4.69) is 66.7 Å². The van der Waals surface area contributed by atoms with E-state index in [0.717, 1.165) is 17.8 Å². The Kier molecular flexibility index (Phi) is 6.82. The summed E-state index contributed by atoms with van der Waals surface area (Å²) in [6.45, 7) is 14.1. The standard InChI is InChI=1S/3C4H9.2BrH.Sb/c3*1-4(2)3;;;/h3*4H,1H2,2-3H3;2*1H;/q;;;;;+2/p-2. The topological polar surface area (TPSA) is 0 Å². The van der Waals surface area contributed by atoms with Crippen molar-refractivity contribution in [2.24, 2.45) is 17.8 Å². The molecule has 0 unspecified atom stereocenters. The van der Waals surface area contributed by atoms with Gasteiger partial charge in [0.25, 0.3) is 0 Å². The van der Waals surface area contributed by atoms with Gasteiger partial charge in [0.05, 0.1) is 0 Å². The Morgan fingerprint density at radius 1 is 0.667 bits per heavy atom. The van der Waals surface area contributed by atoms with Crippen molar-refractivity contribution in [1.82, 2.24) is 0 Å². The van der Waals surface area contributed by atoms with Gasteiger partial charge in [0.1, 0.15) is 0 Å². The molecule has 0 aromatic rings. The summed E-state index contributed by atoms with van der Waals surface area (Å²) in [4.78, 5) is 0. The molecule has 0 N–H and O–H groups in total. The van der Waals surface area contributed by atoms with Crippen LogP contribution in [0, 0.1) is 17.8 Å². The molecule has 0 fully saturated rings. The summed E-state index contributed by atoms with van der Waals surface area (Å²) in [6.07, 6.45) is 0. The van der Waals surface area contributed by atoms with Gasteiger partial charge >= 0.3 is 110 Å². The van der Waals surface area contributed by atoms with Gasteiger partial charge in [-0.3, -0.25) is 0 Å². The molecule has 15 heavy (non-hydrogen) atoms. The van der Waals surface area contributed by atoms with E-state index in [1.54, 1.807) is 0 Å². The summed E-state index contributed by atoms with van der Waals surface area (Å²) in [5, 5.41) is 0. The predicted molar refractivity (Wildman–Crippen MR) is 82.5 cm³/mol. The van der Waals surface area contributed by atoms with Crippen molar-refractivity contribution in [2.75, 3.05) is 0 Å². The molecule has 0 rings (SSSR count). The maximum absolute atomic E-state index is 4.21. The van der Waals surface area contributed by atoms with E-state index in [-0.39, 0.29) is 0 Å². The zero-order valence-electron chi connectivity index (χ0n) is 11.1. The summed E-state index contributed by atoms with van der Waals surface area (Å²) >= 11 is 5.79. The molecule has 0 aliphatic heterocycles. The van der Waals surface area contributed by atoms with E-state index in [9.17, 15) is 0 Å². The van der Waals surface area contributed by atoms with Gasteiger partial charge in [-0.15, -0.1) is 0 Å². The summed E-state index contributed by atoms with van der Waals surface area (Å²) in [6, 6.07) is 0. The number of hydrogen-bond acceptors (Lipinski definition) is 0. The van der Waals surface area contributed by atoms with E-state index >= 15 is 0 Å². The molecule has 0 radical (unpaired) electrons. The van der Waals surface area contributed by atoms with E-state index in [0.29, 0.717) is 0 Å². The average Bonchev–Trinajstić information content (AvgIpc) is 1.74. The summed E-state index contributed by atoms with van der Waals surface area (Å²) < 4.78 is 4.14. The number of hydrogen-bond donors (Lipinski definition) is 0. The van der Waals surface area contributed by atoms with Crippen LogP contribution in [0.15, 0.2) is 0 Å². The van der Waals surface area contributed by atoms with Crippen LogP contribution in [0.1, 0.15) is 41.5 Å². The van der Waals surface area contributed by atoms with Crippen LogP contribution in [0.3, 0.4) is 0 Å². The monoisotopic (exact) mass is 450 g/mol. The van der Waals surface area contributed by atoms with Crippen molar-refractivity contribution < 1.29 is 0 Å². The van der Waals surface area contributed by atoms with Crippen molar-refractivity contribution in [3.63, 3.8) is 0 Å². The SMILES string of the molecule is CC(C)[CH2][Sb]([Br])([Br])([CH2]C(C)C)[CH2]C(C)C. The van der Waals surface area contributed by atoms with Gasteiger partial charge in [0, 0.05) is 0 Å². The third kappa shape index (κ3) is 7.66. The first kappa shape index (κ1) is 16.8. The zero-order chi connectivity index (χ0) is 12.3. The Bertz CT molecular complexity index is 165. The third-order valence-electron chi connectivity index (χ3n) is 2.28. The Labute approximate surface area is 109 Å². The minimum atomic E-state index is -2.63. The second-order valence-corrected chi connectivity index (χ2v) is 48.9. The Morgan fingerprint density at radius 3 is 1.00 bits per heavy atom. The van der Waals surface area contributed by atoms with Gasteiger partial charge in [0.2, 0.25) is 0 Å². The van der Waals surface area contributed by atoms with Gasteiger partial charge in [-0.05, 0) is 0 Å². The summed E-state index contributed by atoms with van der Waals surface area (Å²) in [5.74, 6) is 2.38. The van der Waals surface area contributed by atoms with Gasteiger partial charge in [0.15, 0.2) is 0 Å². The molecule has 0 atom stereocenters. The molecule has 0 aliphatic carbocycles. The van der Waals surface area contributed by atoms with Gasteiger partial charge < -0.3 is 0 Å². The van der Waals surface area contributed by atoms with Gasteiger partial charge in [-0.2, -0.15) is 0 Å². The van der Waals surface area contributed by atoms with Crippen LogP contribution in [0.25, 0.3) is 0 Å². The molecular formula is C12H27Br2Sb. The number of halogens is 2. The van der Waals surface area contributed by atoms with Crippen LogP contribution in [0.2, 0.25) is 13.1 Å². The van der Waals surface area contributed by atoms with Crippen LogP contribution in [0.5, 0.6) is 0 Å². The molecule has 0 bridgehead atoms. The van der Waals surface area contributed by atoms with E-state index in [1.165, 1.54) is 13.1 Å².